The van der Waals surface area contributed by atoms with Crippen molar-refractivity contribution < 1.29 is 27.4 Å². The first-order valence-corrected chi connectivity index (χ1v) is 8.08. The van der Waals surface area contributed by atoms with E-state index in [1.165, 1.54) is 13.2 Å². The summed E-state index contributed by atoms with van der Waals surface area (Å²) in [6, 6.07) is 2.55. The van der Waals surface area contributed by atoms with Crippen LogP contribution in [0.3, 0.4) is 0 Å². The average molecular weight is 360 g/mol. The van der Waals surface area contributed by atoms with E-state index in [0.29, 0.717) is 31.5 Å². The SMILES string of the molecule is COc1cc(CC2CCN(C(=O)OC(C)(C)C)C2)cc(C(F)(F)F)n1. The first-order chi connectivity index (χ1) is 11.5. The largest absolute Gasteiger partial charge is 0.481 e. The maximum Gasteiger partial charge on any atom is 0.433 e. The Kier molecular flexibility index (Phi) is 5.49. The molecular weight excluding hydrogens is 337 g/mol. The lowest BCUT2D eigenvalue weighted by Gasteiger charge is -2.24. The van der Waals surface area contributed by atoms with Crippen LogP contribution in [0.2, 0.25) is 0 Å². The number of carbonyl (C=O) groups excluding carboxylic acids is 1. The highest BCUT2D eigenvalue weighted by Crippen LogP contribution is 2.31. The van der Waals surface area contributed by atoms with E-state index in [4.69, 9.17) is 9.47 Å². The Bertz CT molecular complexity index is 627. The molecule has 2 heterocycles. The van der Waals surface area contributed by atoms with Gasteiger partial charge < -0.3 is 14.4 Å². The number of rotatable bonds is 3. The van der Waals surface area contributed by atoms with Crippen LogP contribution in [-0.4, -0.2) is 41.8 Å². The Morgan fingerprint density at radius 1 is 1.32 bits per heavy atom. The van der Waals surface area contributed by atoms with Gasteiger partial charge in [-0.05, 0) is 51.2 Å². The minimum atomic E-state index is -4.53. The fourth-order valence-corrected chi connectivity index (χ4v) is 2.75. The molecule has 1 aliphatic rings. The fourth-order valence-electron chi connectivity index (χ4n) is 2.75. The number of methoxy groups -OCH3 is 1. The summed E-state index contributed by atoms with van der Waals surface area (Å²) in [6.07, 6.45) is -3.79. The van der Waals surface area contributed by atoms with Gasteiger partial charge in [0.1, 0.15) is 11.3 Å². The second-order valence-electron chi connectivity index (χ2n) is 7.19. The number of pyridine rings is 1. The van der Waals surface area contributed by atoms with Crippen LogP contribution in [0.4, 0.5) is 18.0 Å². The molecule has 1 aromatic heterocycles. The van der Waals surface area contributed by atoms with E-state index in [1.54, 1.807) is 25.7 Å². The first kappa shape index (κ1) is 19.3. The third kappa shape index (κ3) is 5.51. The van der Waals surface area contributed by atoms with Crippen molar-refractivity contribution in [3.63, 3.8) is 0 Å². The lowest BCUT2D eigenvalue weighted by Crippen LogP contribution is -2.35. The molecule has 1 saturated heterocycles. The standard InChI is InChI=1S/C17H23F3N2O3/c1-16(2,3)25-15(23)22-6-5-11(10-22)7-12-8-13(17(18,19)20)21-14(9-12)24-4/h8-9,11H,5-7,10H2,1-4H3. The Morgan fingerprint density at radius 3 is 2.56 bits per heavy atom. The first-order valence-electron chi connectivity index (χ1n) is 8.08. The summed E-state index contributed by atoms with van der Waals surface area (Å²) < 4.78 is 49.0. The van der Waals surface area contributed by atoms with Gasteiger partial charge >= 0.3 is 12.3 Å². The van der Waals surface area contributed by atoms with Crippen LogP contribution in [0.25, 0.3) is 0 Å². The van der Waals surface area contributed by atoms with Gasteiger partial charge in [-0.1, -0.05) is 0 Å². The summed E-state index contributed by atoms with van der Waals surface area (Å²) in [4.78, 5) is 17.1. The molecule has 1 atom stereocenters. The second kappa shape index (κ2) is 7.09. The van der Waals surface area contributed by atoms with Gasteiger partial charge in [-0.2, -0.15) is 13.2 Å². The van der Waals surface area contributed by atoms with E-state index in [9.17, 15) is 18.0 Å². The summed E-state index contributed by atoms with van der Waals surface area (Å²) in [5, 5.41) is 0. The van der Waals surface area contributed by atoms with Crippen molar-refractivity contribution in [1.82, 2.24) is 9.88 Å². The molecule has 0 saturated carbocycles. The lowest BCUT2D eigenvalue weighted by molar-refractivity contribution is -0.141. The van der Waals surface area contributed by atoms with Crippen LogP contribution >= 0.6 is 0 Å². The van der Waals surface area contributed by atoms with Crippen LogP contribution in [0.1, 0.15) is 38.4 Å². The number of likely N-dealkylation sites (tertiary alicyclic amines) is 1. The Morgan fingerprint density at radius 2 is 2.00 bits per heavy atom. The number of aromatic nitrogens is 1. The predicted molar refractivity (Wildman–Crippen MR) is 85.4 cm³/mol. The molecule has 0 aromatic carbocycles. The van der Waals surface area contributed by atoms with Gasteiger partial charge in [0, 0.05) is 19.2 Å². The van der Waals surface area contributed by atoms with Crippen LogP contribution in [-0.2, 0) is 17.3 Å². The van der Waals surface area contributed by atoms with Gasteiger partial charge in [0.15, 0.2) is 0 Å². The Balaban J connectivity index is 2.05. The molecule has 0 spiro atoms. The summed E-state index contributed by atoms with van der Waals surface area (Å²) >= 11 is 0. The molecule has 0 bridgehead atoms. The number of hydrogen-bond donors (Lipinski definition) is 0. The minimum absolute atomic E-state index is 0.0631. The third-order valence-corrected chi connectivity index (χ3v) is 3.82. The van der Waals surface area contributed by atoms with Crippen molar-refractivity contribution in [1.29, 1.82) is 0 Å². The molecule has 5 nitrogen and oxygen atoms in total. The molecule has 0 radical (unpaired) electrons. The van der Waals surface area contributed by atoms with E-state index in [0.717, 1.165) is 6.07 Å². The molecule has 1 aliphatic heterocycles. The van der Waals surface area contributed by atoms with Gasteiger partial charge in [-0.25, -0.2) is 9.78 Å². The zero-order valence-corrected chi connectivity index (χ0v) is 14.8. The van der Waals surface area contributed by atoms with Gasteiger partial charge in [0.05, 0.1) is 7.11 Å². The Hall–Kier alpha value is -1.99. The molecule has 140 valence electrons. The van der Waals surface area contributed by atoms with E-state index in [1.807, 2.05) is 0 Å². The molecule has 1 fully saturated rings. The van der Waals surface area contributed by atoms with Crippen molar-refractivity contribution in [2.24, 2.45) is 5.92 Å². The topological polar surface area (TPSA) is 51.7 Å². The normalized spacial score (nSPS) is 18.4. The predicted octanol–water partition coefficient (Wildman–Crippen LogP) is 3.91. The maximum atomic E-state index is 12.9. The van der Waals surface area contributed by atoms with E-state index in [-0.39, 0.29) is 11.8 Å². The van der Waals surface area contributed by atoms with Crippen molar-refractivity contribution >= 4 is 6.09 Å². The number of nitrogens with zero attached hydrogens (tertiary/aromatic N) is 2. The molecule has 2 rings (SSSR count). The van der Waals surface area contributed by atoms with Crippen LogP contribution in [0.5, 0.6) is 5.88 Å². The average Bonchev–Trinajstić information content (AvgIpc) is 2.93. The van der Waals surface area contributed by atoms with Crippen molar-refractivity contribution in [2.45, 2.75) is 45.4 Å². The van der Waals surface area contributed by atoms with Gasteiger partial charge in [0.25, 0.3) is 0 Å². The molecule has 1 unspecified atom stereocenters. The molecule has 25 heavy (non-hydrogen) atoms. The monoisotopic (exact) mass is 360 g/mol. The number of alkyl halides is 3. The fraction of sp³-hybridized carbons (Fsp3) is 0.647. The quantitative estimate of drug-likeness (QED) is 0.820. The highest BCUT2D eigenvalue weighted by atomic mass is 19.4. The van der Waals surface area contributed by atoms with Crippen LogP contribution < -0.4 is 4.74 Å². The van der Waals surface area contributed by atoms with Gasteiger partial charge in [-0.3, -0.25) is 0 Å². The number of amides is 1. The van der Waals surface area contributed by atoms with E-state index < -0.39 is 23.6 Å². The third-order valence-electron chi connectivity index (χ3n) is 3.82. The summed E-state index contributed by atoms with van der Waals surface area (Å²) in [5.74, 6) is 0.00697. The molecule has 0 aliphatic carbocycles. The highest BCUT2D eigenvalue weighted by molar-refractivity contribution is 5.68. The molecule has 1 amide bonds. The number of carbonyl (C=O) groups is 1. The van der Waals surface area contributed by atoms with Crippen LogP contribution in [0, 0.1) is 5.92 Å². The van der Waals surface area contributed by atoms with Crippen molar-refractivity contribution in [3.8, 4) is 5.88 Å². The lowest BCUT2D eigenvalue weighted by atomic mass is 9.99. The molecular formula is C17H23F3N2O3. The number of ether oxygens (including phenoxy) is 2. The summed E-state index contributed by atoms with van der Waals surface area (Å²) in [5.41, 5.74) is -1.05. The van der Waals surface area contributed by atoms with E-state index in [2.05, 4.69) is 4.98 Å². The maximum absolute atomic E-state index is 12.9. The van der Waals surface area contributed by atoms with E-state index >= 15 is 0 Å². The summed E-state index contributed by atoms with van der Waals surface area (Å²) in [6.45, 7) is 6.37. The smallest absolute Gasteiger partial charge is 0.433 e. The summed E-state index contributed by atoms with van der Waals surface area (Å²) in [7, 11) is 1.28. The zero-order valence-electron chi connectivity index (χ0n) is 14.8. The van der Waals surface area contributed by atoms with Crippen molar-refractivity contribution in [3.05, 3.63) is 23.4 Å². The van der Waals surface area contributed by atoms with Crippen molar-refractivity contribution in [2.75, 3.05) is 20.2 Å². The number of hydrogen-bond acceptors (Lipinski definition) is 4. The van der Waals surface area contributed by atoms with Crippen LogP contribution in [0.15, 0.2) is 12.1 Å². The molecule has 8 heteroatoms. The zero-order chi connectivity index (χ0) is 18.8. The highest BCUT2D eigenvalue weighted by Gasteiger charge is 2.34. The second-order valence-corrected chi connectivity index (χ2v) is 7.19. The molecule has 0 N–H and O–H groups in total. The van der Waals surface area contributed by atoms with Gasteiger partial charge in [0.2, 0.25) is 5.88 Å². The number of halogens is 3. The Labute approximate surface area is 145 Å². The molecule has 1 aromatic rings. The minimum Gasteiger partial charge on any atom is -0.481 e. The van der Waals surface area contributed by atoms with Gasteiger partial charge in [-0.15, -0.1) is 0 Å².